The lowest BCUT2D eigenvalue weighted by Gasteiger charge is -2.07. The van der Waals surface area contributed by atoms with Gasteiger partial charge in [-0.2, -0.15) is 0 Å². The third kappa shape index (κ3) is 1.94. The van der Waals surface area contributed by atoms with Crippen LogP contribution in [0.1, 0.15) is 5.69 Å². The maximum absolute atomic E-state index is 14.0. The number of halogens is 3. The van der Waals surface area contributed by atoms with Gasteiger partial charge in [0.1, 0.15) is 22.0 Å². The van der Waals surface area contributed by atoms with Crippen molar-refractivity contribution in [3.8, 4) is 17.0 Å². The lowest BCUT2D eigenvalue weighted by Crippen LogP contribution is -1.96. The van der Waals surface area contributed by atoms with Crippen LogP contribution in [-0.4, -0.2) is 19.5 Å². The van der Waals surface area contributed by atoms with E-state index >= 15 is 0 Å². The van der Waals surface area contributed by atoms with Crippen molar-refractivity contribution in [1.82, 2.24) is 14.4 Å². The molecule has 0 aliphatic heterocycles. The van der Waals surface area contributed by atoms with Crippen molar-refractivity contribution >= 4 is 21.6 Å². The molecule has 3 rings (SSSR count). The predicted molar refractivity (Wildman–Crippen MR) is 72.4 cm³/mol. The molecule has 0 fully saturated rings. The van der Waals surface area contributed by atoms with E-state index in [0.29, 0.717) is 15.9 Å². The van der Waals surface area contributed by atoms with Gasteiger partial charge in [-0.3, -0.25) is 4.40 Å². The van der Waals surface area contributed by atoms with E-state index < -0.39 is 17.4 Å². The molecule has 20 heavy (non-hydrogen) atoms. The largest absolute Gasteiger partial charge is 0.508 e. The first-order valence-corrected chi connectivity index (χ1v) is 6.45. The normalized spacial score (nSPS) is 11.2. The molecule has 0 aliphatic carbocycles. The lowest BCUT2D eigenvalue weighted by atomic mass is 10.1. The van der Waals surface area contributed by atoms with E-state index in [1.54, 1.807) is 17.5 Å². The molecular formula is C13H8BrF2N3O. The van der Waals surface area contributed by atoms with Crippen molar-refractivity contribution in [2.45, 2.75) is 6.92 Å². The molecule has 0 atom stereocenters. The molecule has 4 nitrogen and oxygen atoms in total. The highest BCUT2D eigenvalue weighted by molar-refractivity contribution is 9.10. The monoisotopic (exact) mass is 339 g/mol. The SMILES string of the molecule is Cc1nc2cnc(Br)cn2c1-c1c(F)cc(O)cc1F. The Bertz CT molecular complexity index is 809. The molecule has 0 spiro atoms. The van der Waals surface area contributed by atoms with Gasteiger partial charge in [-0.05, 0) is 22.9 Å². The van der Waals surface area contributed by atoms with Crippen LogP contribution >= 0.6 is 15.9 Å². The smallest absolute Gasteiger partial charge is 0.156 e. The number of phenols is 1. The number of nitrogens with zero attached hydrogens (tertiary/aromatic N) is 3. The summed E-state index contributed by atoms with van der Waals surface area (Å²) in [7, 11) is 0. The predicted octanol–water partition coefficient (Wildman–Crippen LogP) is 3.45. The summed E-state index contributed by atoms with van der Waals surface area (Å²) in [6, 6.07) is 1.74. The van der Waals surface area contributed by atoms with Gasteiger partial charge in [0, 0.05) is 18.3 Å². The molecule has 2 aromatic heterocycles. The molecule has 0 unspecified atom stereocenters. The number of imidazole rings is 1. The first kappa shape index (κ1) is 13.0. The molecule has 0 bridgehead atoms. The van der Waals surface area contributed by atoms with Crippen LogP contribution in [0.25, 0.3) is 16.9 Å². The summed E-state index contributed by atoms with van der Waals surface area (Å²) in [4.78, 5) is 8.24. The number of benzene rings is 1. The van der Waals surface area contributed by atoms with Gasteiger partial charge in [0.15, 0.2) is 5.65 Å². The zero-order valence-electron chi connectivity index (χ0n) is 10.2. The number of aromatic nitrogens is 3. The quantitative estimate of drug-likeness (QED) is 0.738. The van der Waals surface area contributed by atoms with E-state index in [-0.39, 0.29) is 11.3 Å². The summed E-state index contributed by atoms with van der Waals surface area (Å²) in [5.74, 6) is -2.15. The van der Waals surface area contributed by atoms with E-state index in [1.165, 1.54) is 6.20 Å². The van der Waals surface area contributed by atoms with Crippen molar-refractivity contribution in [3.63, 3.8) is 0 Å². The van der Waals surface area contributed by atoms with E-state index in [4.69, 9.17) is 0 Å². The highest BCUT2D eigenvalue weighted by Gasteiger charge is 2.20. The zero-order chi connectivity index (χ0) is 14.4. The van der Waals surface area contributed by atoms with Crippen LogP contribution in [0, 0.1) is 18.6 Å². The Morgan fingerprint density at radius 2 is 1.90 bits per heavy atom. The van der Waals surface area contributed by atoms with Crippen LogP contribution in [0.15, 0.2) is 29.1 Å². The summed E-state index contributed by atoms with van der Waals surface area (Å²) in [6.07, 6.45) is 3.08. The standard InChI is InChI=1S/C13H8BrF2N3O/c1-6-13(12-8(15)2-7(20)3-9(12)16)19-5-10(14)17-4-11(19)18-6/h2-5,20H,1H3. The van der Waals surface area contributed by atoms with Gasteiger partial charge in [-0.15, -0.1) is 0 Å². The molecular weight excluding hydrogens is 332 g/mol. The zero-order valence-corrected chi connectivity index (χ0v) is 11.8. The Hall–Kier alpha value is -2.02. The molecule has 0 radical (unpaired) electrons. The number of fused-ring (bicyclic) bond motifs is 1. The first-order chi connectivity index (χ1) is 9.47. The molecule has 0 amide bonds. The third-order valence-corrected chi connectivity index (χ3v) is 3.32. The molecule has 7 heteroatoms. The van der Waals surface area contributed by atoms with Crippen molar-refractivity contribution < 1.29 is 13.9 Å². The number of aromatic hydroxyl groups is 1. The van der Waals surface area contributed by atoms with Gasteiger partial charge in [-0.1, -0.05) is 0 Å². The second-order valence-corrected chi connectivity index (χ2v) is 5.08. The topological polar surface area (TPSA) is 50.4 Å². The minimum atomic E-state index is -0.847. The molecule has 1 N–H and O–H groups in total. The fourth-order valence-electron chi connectivity index (χ4n) is 2.14. The Labute approximate surface area is 120 Å². The van der Waals surface area contributed by atoms with Gasteiger partial charge < -0.3 is 5.11 Å². The number of hydrogen-bond acceptors (Lipinski definition) is 3. The molecule has 102 valence electrons. The minimum Gasteiger partial charge on any atom is -0.508 e. The van der Waals surface area contributed by atoms with Crippen molar-refractivity contribution in [3.05, 3.63) is 46.5 Å². The average molecular weight is 340 g/mol. The van der Waals surface area contributed by atoms with E-state index in [2.05, 4.69) is 25.9 Å². The van der Waals surface area contributed by atoms with Gasteiger partial charge in [0.2, 0.25) is 0 Å². The second kappa shape index (κ2) is 4.52. The van der Waals surface area contributed by atoms with Crippen molar-refractivity contribution in [2.75, 3.05) is 0 Å². The number of rotatable bonds is 1. The number of aryl methyl sites for hydroxylation is 1. The summed E-state index contributed by atoms with van der Waals surface area (Å²) in [5, 5.41) is 9.22. The van der Waals surface area contributed by atoms with Gasteiger partial charge in [-0.25, -0.2) is 18.7 Å². The lowest BCUT2D eigenvalue weighted by molar-refractivity contribution is 0.461. The van der Waals surface area contributed by atoms with Crippen LogP contribution in [-0.2, 0) is 0 Å². The van der Waals surface area contributed by atoms with E-state index in [9.17, 15) is 13.9 Å². The van der Waals surface area contributed by atoms with Crippen LogP contribution in [0.5, 0.6) is 5.75 Å². The highest BCUT2D eigenvalue weighted by Crippen LogP contribution is 2.32. The van der Waals surface area contributed by atoms with Gasteiger partial charge in [0.05, 0.1) is 23.1 Å². The molecule has 0 saturated carbocycles. The van der Waals surface area contributed by atoms with Crippen molar-refractivity contribution in [1.29, 1.82) is 0 Å². The van der Waals surface area contributed by atoms with Crippen LogP contribution in [0.2, 0.25) is 0 Å². The van der Waals surface area contributed by atoms with Gasteiger partial charge >= 0.3 is 0 Å². The number of hydrogen-bond donors (Lipinski definition) is 1. The van der Waals surface area contributed by atoms with E-state index in [1.807, 2.05) is 0 Å². The maximum Gasteiger partial charge on any atom is 0.156 e. The summed E-state index contributed by atoms with van der Waals surface area (Å²) >= 11 is 3.21. The Kier molecular flexibility index (Phi) is 2.93. The summed E-state index contributed by atoms with van der Waals surface area (Å²) < 4.78 is 30.1. The van der Waals surface area contributed by atoms with E-state index in [0.717, 1.165) is 12.1 Å². The molecule has 0 saturated heterocycles. The van der Waals surface area contributed by atoms with Crippen LogP contribution < -0.4 is 0 Å². The summed E-state index contributed by atoms with van der Waals surface area (Å²) in [6.45, 7) is 1.65. The van der Waals surface area contributed by atoms with Crippen LogP contribution in [0.4, 0.5) is 8.78 Å². The van der Waals surface area contributed by atoms with Crippen molar-refractivity contribution in [2.24, 2.45) is 0 Å². The minimum absolute atomic E-state index is 0.231. The third-order valence-electron chi connectivity index (χ3n) is 2.92. The summed E-state index contributed by atoms with van der Waals surface area (Å²) in [5.41, 5.74) is 1.00. The molecule has 2 heterocycles. The maximum atomic E-state index is 14.0. The second-order valence-electron chi connectivity index (χ2n) is 4.27. The fourth-order valence-corrected chi connectivity index (χ4v) is 2.44. The van der Waals surface area contributed by atoms with Gasteiger partial charge in [0.25, 0.3) is 0 Å². The molecule has 0 aliphatic rings. The first-order valence-electron chi connectivity index (χ1n) is 5.66. The Morgan fingerprint density at radius 1 is 1.25 bits per heavy atom. The Balaban J connectivity index is 2.40. The number of phenolic OH excluding ortho intramolecular Hbond substituents is 1. The average Bonchev–Trinajstić information content (AvgIpc) is 2.65. The van der Waals surface area contributed by atoms with Crippen LogP contribution in [0.3, 0.4) is 0 Å². The fraction of sp³-hybridized carbons (Fsp3) is 0.0769. The Morgan fingerprint density at radius 3 is 2.55 bits per heavy atom. The molecule has 1 aromatic carbocycles. The highest BCUT2D eigenvalue weighted by atomic mass is 79.9. The molecule has 3 aromatic rings.